The van der Waals surface area contributed by atoms with Gasteiger partial charge in [-0.15, -0.1) is 12.6 Å². The van der Waals surface area contributed by atoms with Crippen molar-refractivity contribution >= 4 is 6.71 Å². The summed E-state index contributed by atoms with van der Waals surface area (Å²) < 4.78 is 0. The van der Waals surface area contributed by atoms with Crippen molar-refractivity contribution in [3.05, 3.63) is 12.6 Å². The third kappa shape index (κ3) is 2.78. The molecular weight excluding hydrogens is 299 g/mol. The smallest absolute Gasteiger partial charge is 0.122 e. The van der Waals surface area contributed by atoms with Gasteiger partial charge in [0, 0.05) is 0 Å². The van der Waals surface area contributed by atoms with Gasteiger partial charge in [0.05, 0.1) is 0 Å². The Balaban J connectivity index is 1.43. The minimum Gasteiger partial charge on any atom is -0.122 e. The summed E-state index contributed by atoms with van der Waals surface area (Å²) in [6.07, 6.45) is 8.78. The Labute approximate surface area is 157 Å². The lowest BCUT2D eigenvalue weighted by molar-refractivity contribution is 0.243. The fourth-order valence-corrected chi connectivity index (χ4v) is 8.14. The predicted molar refractivity (Wildman–Crippen MR) is 111 cm³/mol. The molecule has 0 N–H and O–H groups in total. The van der Waals surface area contributed by atoms with Crippen LogP contribution < -0.4 is 0 Å². The van der Waals surface area contributed by atoms with Crippen LogP contribution in [0.1, 0.15) is 67.2 Å². The van der Waals surface area contributed by atoms with Crippen LogP contribution in [0, 0.1) is 58.2 Å². The summed E-state index contributed by atoms with van der Waals surface area (Å²) in [4.78, 5) is 0. The first-order valence-corrected chi connectivity index (χ1v) is 11.3. The molecule has 25 heavy (non-hydrogen) atoms. The van der Waals surface area contributed by atoms with Crippen LogP contribution in [0.4, 0.5) is 0 Å². The van der Waals surface area contributed by atoms with Crippen LogP contribution in [-0.4, -0.2) is 6.71 Å². The minimum absolute atomic E-state index is 0.628. The first-order chi connectivity index (χ1) is 11.7. The van der Waals surface area contributed by atoms with Gasteiger partial charge in [-0.2, -0.15) is 0 Å². The molecule has 0 bridgehead atoms. The average molecular weight is 340 g/mol. The van der Waals surface area contributed by atoms with Gasteiger partial charge in [0.2, 0.25) is 0 Å². The predicted octanol–water partition coefficient (Wildman–Crippen LogP) is 6.84. The zero-order valence-electron chi connectivity index (χ0n) is 17.7. The minimum atomic E-state index is 0.628. The fraction of sp³-hybridized carbons (Fsp3) is 0.917. The third-order valence-electron chi connectivity index (χ3n) is 10.0. The van der Waals surface area contributed by atoms with Crippen LogP contribution in [0.5, 0.6) is 0 Å². The molecule has 4 rings (SSSR count). The topological polar surface area (TPSA) is 0 Å². The molecule has 0 heterocycles. The Morgan fingerprint density at radius 1 is 0.800 bits per heavy atom. The van der Waals surface area contributed by atoms with Gasteiger partial charge in [-0.05, 0) is 71.0 Å². The molecule has 0 spiro atoms. The highest BCUT2D eigenvalue weighted by molar-refractivity contribution is 6.64. The summed E-state index contributed by atoms with van der Waals surface area (Å²) in [5, 5.41) is 0. The molecule has 0 radical (unpaired) electrons. The van der Waals surface area contributed by atoms with Gasteiger partial charge in [0.25, 0.3) is 0 Å². The Hall–Kier alpha value is -0.195. The molecule has 0 aliphatic heterocycles. The molecule has 0 aromatic carbocycles. The molecule has 4 saturated carbocycles. The zero-order chi connectivity index (χ0) is 18.1. The summed E-state index contributed by atoms with van der Waals surface area (Å²) in [5.74, 6) is 10.2. The molecule has 1 heteroatoms. The van der Waals surface area contributed by atoms with Crippen LogP contribution in [0.2, 0.25) is 12.6 Å². The molecule has 0 aromatic rings. The first kappa shape index (κ1) is 18.2. The lowest BCUT2D eigenvalue weighted by Crippen LogP contribution is -2.30. The average Bonchev–Trinajstić information content (AvgIpc) is 3.32. The fourth-order valence-electron chi connectivity index (χ4n) is 8.14. The van der Waals surface area contributed by atoms with Gasteiger partial charge < -0.3 is 0 Å². The lowest BCUT2D eigenvalue weighted by atomic mass is 9.39. The van der Waals surface area contributed by atoms with E-state index in [2.05, 4.69) is 54.1 Å². The van der Waals surface area contributed by atoms with Crippen LogP contribution in [0.3, 0.4) is 0 Å². The zero-order valence-corrected chi connectivity index (χ0v) is 17.7. The molecule has 4 aliphatic rings. The van der Waals surface area contributed by atoms with E-state index in [0.29, 0.717) is 10.8 Å². The highest BCUT2D eigenvalue weighted by atomic mass is 14.7. The summed E-state index contributed by atoms with van der Waals surface area (Å²) >= 11 is 0. The molecule has 4 fully saturated rings. The highest BCUT2D eigenvalue weighted by Crippen LogP contribution is 2.70. The van der Waals surface area contributed by atoms with Crippen LogP contribution in [0.15, 0.2) is 12.6 Å². The Morgan fingerprint density at radius 2 is 1.20 bits per heavy atom. The Morgan fingerprint density at radius 3 is 1.56 bits per heavy atom. The van der Waals surface area contributed by atoms with E-state index in [9.17, 15) is 0 Å². The van der Waals surface area contributed by atoms with Crippen molar-refractivity contribution in [2.75, 3.05) is 0 Å². The number of hydrogen-bond donors (Lipinski definition) is 0. The van der Waals surface area contributed by atoms with E-state index < -0.39 is 0 Å². The molecule has 4 aliphatic carbocycles. The number of fused-ring (bicyclic) bond motifs is 2. The Bertz CT molecular complexity index is 488. The summed E-state index contributed by atoms with van der Waals surface area (Å²) in [6, 6.07) is 0. The van der Waals surface area contributed by atoms with E-state index in [4.69, 9.17) is 0 Å². The lowest BCUT2D eigenvalue weighted by Gasteiger charge is -2.34. The van der Waals surface area contributed by atoms with Gasteiger partial charge in [0.15, 0.2) is 6.71 Å². The molecule has 0 nitrogen and oxygen atoms in total. The standard InChI is InChI=1S/C24H41B/c1-8-25(13-17-15(2)9-11-19-21(17)23(19,4)5)14-18-16(3)10-12-20-22(18)24(20,6)7/h8,15-22H,1,9-14H2,2-7H3. The summed E-state index contributed by atoms with van der Waals surface area (Å²) in [5.41, 5.74) is 1.26. The van der Waals surface area contributed by atoms with Crippen molar-refractivity contribution in [1.29, 1.82) is 0 Å². The molecule has 0 amide bonds. The second-order valence-electron chi connectivity index (χ2n) is 11.8. The molecule has 8 unspecified atom stereocenters. The van der Waals surface area contributed by atoms with Crippen LogP contribution in [-0.2, 0) is 0 Å². The Kier molecular flexibility index (Phi) is 4.29. The van der Waals surface area contributed by atoms with E-state index >= 15 is 0 Å². The van der Waals surface area contributed by atoms with E-state index in [1.807, 2.05) is 0 Å². The van der Waals surface area contributed by atoms with Gasteiger partial charge in [-0.3, -0.25) is 0 Å². The van der Waals surface area contributed by atoms with Crippen molar-refractivity contribution in [2.24, 2.45) is 58.2 Å². The van der Waals surface area contributed by atoms with Crippen molar-refractivity contribution in [1.82, 2.24) is 0 Å². The maximum Gasteiger partial charge on any atom is 0.166 e. The third-order valence-corrected chi connectivity index (χ3v) is 10.0. The summed E-state index contributed by atoms with van der Waals surface area (Å²) in [7, 11) is 0. The van der Waals surface area contributed by atoms with E-state index in [1.165, 1.54) is 38.3 Å². The molecular formula is C24H41B. The van der Waals surface area contributed by atoms with Gasteiger partial charge in [-0.25, -0.2) is 0 Å². The molecule has 0 saturated heterocycles. The van der Waals surface area contributed by atoms with E-state index in [-0.39, 0.29) is 0 Å². The second-order valence-corrected chi connectivity index (χ2v) is 11.8. The summed E-state index contributed by atoms with van der Waals surface area (Å²) in [6.45, 7) is 20.3. The molecule has 8 atom stereocenters. The van der Waals surface area contributed by atoms with Gasteiger partial charge >= 0.3 is 0 Å². The maximum absolute atomic E-state index is 4.29. The normalized spacial score (nSPS) is 48.9. The number of rotatable bonds is 5. The van der Waals surface area contributed by atoms with Crippen molar-refractivity contribution < 1.29 is 0 Å². The second kappa shape index (κ2) is 5.90. The van der Waals surface area contributed by atoms with Crippen LogP contribution in [0.25, 0.3) is 0 Å². The van der Waals surface area contributed by atoms with Crippen molar-refractivity contribution in [3.8, 4) is 0 Å². The SMILES string of the molecule is C=CB(CC1C(C)CCC2C1C2(C)C)CC1C(C)CCC2C1C2(C)C. The molecule has 0 aromatic heterocycles. The van der Waals surface area contributed by atoms with E-state index in [0.717, 1.165) is 54.1 Å². The largest absolute Gasteiger partial charge is 0.166 e. The van der Waals surface area contributed by atoms with Gasteiger partial charge in [-0.1, -0.05) is 67.0 Å². The number of hydrogen-bond acceptors (Lipinski definition) is 0. The quantitative estimate of drug-likeness (QED) is 0.480. The van der Waals surface area contributed by atoms with E-state index in [1.54, 1.807) is 0 Å². The highest BCUT2D eigenvalue weighted by Gasteiger charge is 2.64. The molecule has 140 valence electrons. The monoisotopic (exact) mass is 340 g/mol. The maximum atomic E-state index is 4.29. The van der Waals surface area contributed by atoms with Crippen molar-refractivity contribution in [2.45, 2.75) is 79.9 Å². The first-order valence-electron chi connectivity index (χ1n) is 11.3. The van der Waals surface area contributed by atoms with Crippen molar-refractivity contribution in [3.63, 3.8) is 0 Å². The van der Waals surface area contributed by atoms with Crippen LogP contribution >= 0.6 is 0 Å². The van der Waals surface area contributed by atoms with Gasteiger partial charge in [0.1, 0.15) is 0 Å².